The summed E-state index contributed by atoms with van der Waals surface area (Å²) >= 11 is 0. The lowest BCUT2D eigenvalue weighted by atomic mass is 10.2. The van der Waals surface area contributed by atoms with Crippen molar-refractivity contribution >= 4 is 22.5 Å². The first-order chi connectivity index (χ1) is 15.5. The Bertz CT molecular complexity index is 1290. The predicted molar refractivity (Wildman–Crippen MR) is 119 cm³/mol. The van der Waals surface area contributed by atoms with Crippen molar-refractivity contribution in [3.8, 4) is 5.69 Å². The fraction of sp³-hybridized carbons (Fsp3) is 0.318. The predicted octanol–water partition coefficient (Wildman–Crippen LogP) is 1.27. The molecule has 0 unspecified atom stereocenters. The smallest absolute Gasteiger partial charge is 0.336 e. The molecule has 2 aromatic carbocycles. The summed E-state index contributed by atoms with van der Waals surface area (Å²) in [7, 11) is 0. The lowest BCUT2D eigenvalue weighted by Gasteiger charge is -2.16. The van der Waals surface area contributed by atoms with E-state index in [0.29, 0.717) is 12.1 Å². The number of fused-ring (bicyclic) bond motifs is 1. The third-order valence-electron chi connectivity index (χ3n) is 5.60. The molecule has 2 heterocycles. The minimum atomic E-state index is -0.733. The van der Waals surface area contributed by atoms with Gasteiger partial charge in [-0.3, -0.25) is 24.3 Å². The summed E-state index contributed by atoms with van der Waals surface area (Å²) in [5.74, 6) is -0.347. The second kappa shape index (κ2) is 9.15. The van der Waals surface area contributed by atoms with E-state index in [9.17, 15) is 24.5 Å². The number of benzene rings is 2. The number of aromatic nitrogens is 2. The van der Waals surface area contributed by atoms with Crippen LogP contribution >= 0.6 is 0 Å². The fourth-order valence-corrected chi connectivity index (χ4v) is 4.01. The molecule has 1 amide bonds. The Labute approximate surface area is 182 Å². The van der Waals surface area contributed by atoms with Crippen molar-refractivity contribution in [3.63, 3.8) is 0 Å². The number of non-ortho nitro benzene ring substituents is 1. The number of para-hydroxylation sites is 1. The molecule has 0 spiro atoms. The number of carbonyl (C=O) groups is 1. The standard InChI is InChI=1S/C22H23N5O5/c28-20(23-10-13-24-11-3-4-12-24)15-25-19-9-2-1-8-18(19)21(29)26(22(25)30)16-6-5-7-17(14-16)27(31)32/h1-2,5-9,14H,3-4,10-13,15H2,(H,23,28). The first-order valence-corrected chi connectivity index (χ1v) is 10.4. The Morgan fingerprint density at radius 1 is 1.06 bits per heavy atom. The second-order valence-electron chi connectivity index (χ2n) is 7.70. The molecule has 1 saturated heterocycles. The summed E-state index contributed by atoms with van der Waals surface area (Å²) in [6.07, 6.45) is 2.32. The van der Waals surface area contributed by atoms with Crippen molar-refractivity contribution in [2.24, 2.45) is 0 Å². The molecule has 0 saturated carbocycles. The number of nitro benzene ring substituents is 1. The van der Waals surface area contributed by atoms with Crippen LogP contribution in [-0.4, -0.2) is 51.0 Å². The van der Waals surface area contributed by atoms with Gasteiger partial charge in [0.05, 0.1) is 21.5 Å². The molecule has 4 rings (SSSR count). The van der Waals surface area contributed by atoms with Crippen LogP contribution in [0.3, 0.4) is 0 Å². The maximum atomic E-state index is 13.3. The Morgan fingerprint density at radius 2 is 1.81 bits per heavy atom. The normalized spacial score (nSPS) is 14.0. The van der Waals surface area contributed by atoms with Crippen LogP contribution in [0.1, 0.15) is 12.8 Å². The highest BCUT2D eigenvalue weighted by atomic mass is 16.6. The van der Waals surface area contributed by atoms with E-state index in [1.807, 2.05) is 0 Å². The van der Waals surface area contributed by atoms with Crippen molar-refractivity contribution in [3.05, 3.63) is 79.5 Å². The number of nitrogens with one attached hydrogen (secondary N) is 1. The van der Waals surface area contributed by atoms with E-state index in [0.717, 1.165) is 43.1 Å². The van der Waals surface area contributed by atoms with Crippen LogP contribution in [0.5, 0.6) is 0 Å². The molecule has 1 aliphatic rings. The highest BCUT2D eigenvalue weighted by Gasteiger charge is 2.18. The molecule has 3 aromatic rings. The number of carbonyl (C=O) groups excluding carboxylic acids is 1. The molecule has 166 valence electrons. The van der Waals surface area contributed by atoms with Crippen LogP contribution in [-0.2, 0) is 11.3 Å². The number of rotatable bonds is 7. The van der Waals surface area contributed by atoms with Crippen molar-refractivity contribution in [2.75, 3.05) is 26.2 Å². The molecule has 10 heteroatoms. The SMILES string of the molecule is O=C(Cn1c(=O)n(-c2cccc([N+](=O)[O-])c2)c(=O)c2ccccc21)NCCN1CCCC1. The number of nitro groups is 1. The van der Waals surface area contributed by atoms with Crippen LogP contribution in [0.4, 0.5) is 5.69 Å². The minimum absolute atomic E-state index is 0.0724. The Balaban J connectivity index is 1.70. The van der Waals surface area contributed by atoms with Crippen LogP contribution in [0.25, 0.3) is 16.6 Å². The first kappa shape index (κ1) is 21.4. The van der Waals surface area contributed by atoms with Crippen molar-refractivity contribution in [1.82, 2.24) is 19.4 Å². The van der Waals surface area contributed by atoms with E-state index in [2.05, 4.69) is 10.2 Å². The summed E-state index contributed by atoms with van der Waals surface area (Å²) in [6, 6.07) is 11.8. The van der Waals surface area contributed by atoms with Gasteiger partial charge in [-0.05, 0) is 44.1 Å². The topological polar surface area (TPSA) is 119 Å². The summed E-state index contributed by atoms with van der Waals surface area (Å²) in [5, 5.41) is 14.2. The molecule has 1 fully saturated rings. The zero-order valence-electron chi connectivity index (χ0n) is 17.4. The zero-order valence-corrected chi connectivity index (χ0v) is 17.4. The molecule has 0 bridgehead atoms. The number of hydrogen-bond acceptors (Lipinski definition) is 6. The number of nitrogens with zero attached hydrogens (tertiary/aromatic N) is 4. The number of likely N-dealkylation sites (tertiary alicyclic amines) is 1. The van der Waals surface area contributed by atoms with Gasteiger partial charge in [0.2, 0.25) is 5.91 Å². The van der Waals surface area contributed by atoms with E-state index in [4.69, 9.17) is 0 Å². The number of amides is 1. The highest BCUT2D eigenvalue weighted by Crippen LogP contribution is 2.16. The van der Waals surface area contributed by atoms with Gasteiger partial charge in [-0.25, -0.2) is 9.36 Å². The van der Waals surface area contributed by atoms with Gasteiger partial charge in [0, 0.05) is 25.2 Å². The Hall–Kier alpha value is -3.79. The Morgan fingerprint density at radius 3 is 2.56 bits per heavy atom. The van der Waals surface area contributed by atoms with Crippen molar-refractivity contribution in [2.45, 2.75) is 19.4 Å². The molecule has 1 aromatic heterocycles. The average Bonchev–Trinajstić information content (AvgIpc) is 3.30. The quantitative estimate of drug-likeness (QED) is 0.439. The fourth-order valence-electron chi connectivity index (χ4n) is 4.01. The van der Waals surface area contributed by atoms with Gasteiger partial charge in [-0.1, -0.05) is 18.2 Å². The van der Waals surface area contributed by atoms with Crippen molar-refractivity contribution in [1.29, 1.82) is 0 Å². The van der Waals surface area contributed by atoms with Gasteiger partial charge in [0.15, 0.2) is 0 Å². The lowest BCUT2D eigenvalue weighted by Crippen LogP contribution is -2.42. The van der Waals surface area contributed by atoms with Gasteiger partial charge in [0.25, 0.3) is 11.2 Å². The van der Waals surface area contributed by atoms with E-state index >= 15 is 0 Å². The van der Waals surface area contributed by atoms with Gasteiger partial charge < -0.3 is 10.2 Å². The lowest BCUT2D eigenvalue weighted by molar-refractivity contribution is -0.384. The van der Waals surface area contributed by atoms with Crippen molar-refractivity contribution < 1.29 is 9.72 Å². The van der Waals surface area contributed by atoms with Gasteiger partial charge in [-0.2, -0.15) is 0 Å². The molecule has 0 aliphatic carbocycles. The van der Waals surface area contributed by atoms with Crippen LogP contribution < -0.4 is 16.6 Å². The molecular weight excluding hydrogens is 414 g/mol. The largest absolute Gasteiger partial charge is 0.353 e. The van der Waals surface area contributed by atoms with Gasteiger partial charge in [-0.15, -0.1) is 0 Å². The molecule has 1 aliphatic heterocycles. The summed E-state index contributed by atoms with van der Waals surface area (Å²) in [6.45, 7) is 2.99. The first-order valence-electron chi connectivity index (χ1n) is 10.4. The van der Waals surface area contributed by atoms with Gasteiger partial charge in [0.1, 0.15) is 6.54 Å². The monoisotopic (exact) mass is 437 g/mol. The van der Waals surface area contributed by atoms with Crippen LogP contribution in [0, 0.1) is 10.1 Å². The van der Waals surface area contributed by atoms with E-state index in [-0.39, 0.29) is 29.2 Å². The van der Waals surface area contributed by atoms with Crippen LogP contribution in [0.15, 0.2) is 58.1 Å². The second-order valence-corrected chi connectivity index (χ2v) is 7.70. The summed E-state index contributed by atoms with van der Waals surface area (Å²) in [5.41, 5.74) is -1.17. The van der Waals surface area contributed by atoms with Crippen LogP contribution in [0.2, 0.25) is 0 Å². The zero-order chi connectivity index (χ0) is 22.7. The maximum Gasteiger partial charge on any atom is 0.336 e. The molecule has 10 nitrogen and oxygen atoms in total. The summed E-state index contributed by atoms with van der Waals surface area (Å²) < 4.78 is 2.09. The van der Waals surface area contributed by atoms with E-state index < -0.39 is 16.2 Å². The third-order valence-corrected chi connectivity index (χ3v) is 5.60. The van der Waals surface area contributed by atoms with Gasteiger partial charge >= 0.3 is 5.69 Å². The molecule has 0 radical (unpaired) electrons. The average molecular weight is 437 g/mol. The number of hydrogen-bond donors (Lipinski definition) is 1. The highest BCUT2D eigenvalue weighted by molar-refractivity contribution is 5.81. The third kappa shape index (κ3) is 4.30. The van der Waals surface area contributed by atoms with E-state index in [1.54, 1.807) is 24.3 Å². The molecule has 1 N–H and O–H groups in total. The molecular formula is C22H23N5O5. The molecule has 32 heavy (non-hydrogen) atoms. The minimum Gasteiger partial charge on any atom is -0.353 e. The molecule has 0 atom stereocenters. The van der Waals surface area contributed by atoms with E-state index in [1.165, 1.54) is 22.8 Å². The summed E-state index contributed by atoms with van der Waals surface area (Å²) in [4.78, 5) is 51.8. The Kier molecular flexibility index (Phi) is 6.13. The maximum absolute atomic E-state index is 13.3.